The second-order valence-electron chi connectivity index (χ2n) is 4.52. The third-order valence-corrected chi connectivity index (χ3v) is 3.21. The van der Waals surface area contributed by atoms with Crippen LogP contribution in [-0.4, -0.2) is 5.78 Å². The Morgan fingerprint density at radius 2 is 1.90 bits per heavy atom. The van der Waals surface area contributed by atoms with E-state index in [0.29, 0.717) is 0 Å². The highest BCUT2D eigenvalue weighted by atomic mass is 19.2. The molecule has 2 aromatic carbocycles. The van der Waals surface area contributed by atoms with Crippen LogP contribution in [0.5, 0.6) is 5.75 Å². The molecule has 1 unspecified atom stereocenters. The van der Waals surface area contributed by atoms with Gasteiger partial charge in [0.15, 0.2) is 17.4 Å². The zero-order valence-corrected chi connectivity index (χ0v) is 10.2. The van der Waals surface area contributed by atoms with Gasteiger partial charge >= 0.3 is 0 Å². The lowest BCUT2D eigenvalue weighted by atomic mass is 9.96. The molecule has 1 aliphatic heterocycles. The van der Waals surface area contributed by atoms with Crippen LogP contribution in [0.3, 0.4) is 0 Å². The monoisotopic (exact) mass is 278 g/mol. The van der Waals surface area contributed by atoms with Crippen molar-refractivity contribution >= 4 is 5.78 Å². The molecule has 5 heteroatoms. The maximum Gasteiger partial charge on any atom is 0.170 e. The van der Waals surface area contributed by atoms with Gasteiger partial charge in [0.05, 0.1) is 12.0 Å². The number of fused-ring (bicyclic) bond motifs is 1. The number of Topliss-reactive ketones (excluding diaryl/α,β-unsaturated/α-hetero) is 1. The van der Waals surface area contributed by atoms with Crippen molar-refractivity contribution in [3.63, 3.8) is 0 Å². The van der Waals surface area contributed by atoms with E-state index in [-0.39, 0.29) is 29.1 Å². The molecular formula is C15H9F3O2. The minimum Gasteiger partial charge on any atom is -0.484 e. The second kappa shape index (κ2) is 4.67. The van der Waals surface area contributed by atoms with Crippen molar-refractivity contribution in [1.82, 2.24) is 0 Å². The quantitative estimate of drug-likeness (QED) is 0.793. The van der Waals surface area contributed by atoms with E-state index in [1.54, 1.807) is 0 Å². The summed E-state index contributed by atoms with van der Waals surface area (Å²) in [5, 5.41) is 0. The predicted octanol–water partition coefficient (Wildman–Crippen LogP) is 3.81. The van der Waals surface area contributed by atoms with Crippen molar-refractivity contribution in [2.45, 2.75) is 12.5 Å². The summed E-state index contributed by atoms with van der Waals surface area (Å²) in [6.45, 7) is 0. The van der Waals surface area contributed by atoms with Crippen molar-refractivity contribution in [1.29, 1.82) is 0 Å². The Balaban J connectivity index is 2.01. The van der Waals surface area contributed by atoms with Crippen LogP contribution in [0.15, 0.2) is 36.4 Å². The van der Waals surface area contributed by atoms with E-state index in [9.17, 15) is 18.0 Å². The van der Waals surface area contributed by atoms with Gasteiger partial charge < -0.3 is 4.74 Å². The molecule has 1 heterocycles. The first-order valence-electron chi connectivity index (χ1n) is 5.99. The summed E-state index contributed by atoms with van der Waals surface area (Å²) in [6.07, 6.45) is -1.06. The Bertz CT molecular complexity index is 698. The SMILES string of the molecule is O=C1CC(c2cccc(F)c2F)Oc2ccc(F)cc21. The number of hydrogen-bond donors (Lipinski definition) is 0. The molecule has 0 amide bonds. The van der Waals surface area contributed by atoms with E-state index < -0.39 is 23.6 Å². The number of ketones is 1. The molecule has 0 saturated heterocycles. The molecule has 1 atom stereocenters. The van der Waals surface area contributed by atoms with Gasteiger partial charge in [-0.3, -0.25) is 4.79 Å². The van der Waals surface area contributed by atoms with Crippen molar-refractivity contribution in [3.05, 3.63) is 65.0 Å². The minimum atomic E-state index is -1.03. The van der Waals surface area contributed by atoms with Crippen molar-refractivity contribution < 1.29 is 22.7 Å². The van der Waals surface area contributed by atoms with E-state index in [0.717, 1.165) is 18.2 Å². The highest BCUT2D eigenvalue weighted by Crippen LogP contribution is 2.36. The summed E-state index contributed by atoms with van der Waals surface area (Å²) in [5.74, 6) is -2.76. The van der Waals surface area contributed by atoms with Crippen LogP contribution in [0.4, 0.5) is 13.2 Å². The van der Waals surface area contributed by atoms with E-state index in [2.05, 4.69) is 0 Å². The molecule has 0 radical (unpaired) electrons. The molecule has 0 bridgehead atoms. The molecule has 2 aromatic rings. The molecule has 0 saturated carbocycles. The molecule has 1 aliphatic rings. The highest BCUT2D eigenvalue weighted by Gasteiger charge is 2.30. The fourth-order valence-corrected chi connectivity index (χ4v) is 2.24. The zero-order valence-electron chi connectivity index (χ0n) is 10.2. The summed E-state index contributed by atoms with van der Waals surface area (Å²) >= 11 is 0. The van der Waals surface area contributed by atoms with Gasteiger partial charge in [-0.05, 0) is 24.3 Å². The summed E-state index contributed by atoms with van der Waals surface area (Å²) in [7, 11) is 0. The van der Waals surface area contributed by atoms with Crippen molar-refractivity contribution in [2.75, 3.05) is 0 Å². The lowest BCUT2D eigenvalue weighted by Crippen LogP contribution is -2.21. The molecule has 0 spiro atoms. The topological polar surface area (TPSA) is 26.3 Å². The molecule has 0 N–H and O–H groups in total. The predicted molar refractivity (Wildman–Crippen MR) is 65.1 cm³/mol. The number of carbonyl (C=O) groups is 1. The average molecular weight is 278 g/mol. The fourth-order valence-electron chi connectivity index (χ4n) is 2.24. The number of carbonyl (C=O) groups excluding carboxylic acids is 1. The first-order valence-corrected chi connectivity index (χ1v) is 5.99. The lowest BCUT2D eigenvalue weighted by molar-refractivity contribution is 0.0843. The molecule has 2 nitrogen and oxygen atoms in total. The Labute approximate surface area is 112 Å². The Hall–Kier alpha value is -2.30. The second-order valence-corrected chi connectivity index (χ2v) is 4.52. The summed E-state index contributed by atoms with van der Waals surface area (Å²) in [5.41, 5.74) is 0.103. The van der Waals surface area contributed by atoms with Gasteiger partial charge in [-0.25, -0.2) is 13.2 Å². The number of ether oxygens (including phenoxy) is 1. The summed E-state index contributed by atoms with van der Waals surface area (Å²) in [4.78, 5) is 12.0. The standard InChI is InChI=1S/C15H9F3O2/c16-8-4-5-13-10(6-8)12(19)7-14(20-13)9-2-1-3-11(17)15(9)18/h1-6,14H,7H2. The number of benzene rings is 2. The van der Waals surface area contributed by atoms with Gasteiger partial charge in [0.25, 0.3) is 0 Å². The van der Waals surface area contributed by atoms with E-state index >= 15 is 0 Å². The first kappa shape index (κ1) is 12.7. The van der Waals surface area contributed by atoms with Crippen LogP contribution < -0.4 is 4.74 Å². The molecule has 102 valence electrons. The number of hydrogen-bond acceptors (Lipinski definition) is 2. The van der Waals surface area contributed by atoms with Gasteiger partial charge in [-0.15, -0.1) is 0 Å². The normalized spacial score (nSPS) is 17.6. The van der Waals surface area contributed by atoms with E-state index in [4.69, 9.17) is 4.74 Å². The van der Waals surface area contributed by atoms with Crippen molar-refractivity contribution in [2.24, 2.45) is 0 Å². The fraction of sp³-hybridized carbons (Fsp3) is 0.133. The van der Waals surface area contributed by atoms with Crippen LogP contribution in [0.2, 0.25) is 0 Å². The lowest BCUT2D eigenvalue weighted by Gasteiger charge is -2.25. The molecule has 0 aromatic heterocycles. The molecule has 3 rings (SSSR count). The summed E-state index contributed by atoms with van der Waals surface area (Å²) < 4.78 is 45.5. The van der Waals surface area contributed by atoms with Gasteiger partial charge in [0.2, 0.25) is 0 Å². The maximum atomic E-state index is 13.7. The third-order valence-electron chi connectivity index (χ3n) is 3.21. The van der Waals surface area contributed by atoms with Gasteiger partial charge in [-0.2, -0.15) is 0 Å². The highest BCUT2D eigenvalue weighted by molar-refractivity contribution is 6.00. The van der Waals surface area contributed by atoms with Gasteiger partial charge in [0.1, 0.15) is 17.7 Å². The molecule has 0 fully saturated rings. The number of rotatable bonds is 1. The van der Waals surface area contributed by atoms with Gasteiger partial charge in [-0.1, -0.05) is 12.1 Å². The Morgan fingerprint density at radius 1 is 1.10 bits per heavy atom. The first-order chi connectivity index (χ1) is 9.56. The smallest absolute Gasteiger partial charge is 0.170 e. The van der Waals surface area contributed by atoms with Crippen LogP contribution in [0, 0.1) is 17.5 Å². The Kier molecular flexibility index (Phi) is 2.97. The average Bonchev–Trinajstić information content (AvgIpc) is 2.42. The van der Waals surface area contributed by atoms with Crippen molar-refractivity contribution in [3.8, 4) is 5.75 Å². The van der Waals surface area contributed by atoms with Crippen LogP contribution in [0.25, 0.3) is 0 Å². The Morgan fingerprint density at radius 3 is 2.70 bits per heavy atom. The largest absolute Gasteiger partial charge is 0.484 e. The molecular weight excluding hydrogens is 269 g/mol. The molecule has 0 aliphatic carbocycles. The number of halogens is 3. The van der Waals surface area contributed by atoms with Crippen LogP contribution in [0.1, 0.15) is 28.4 Å². The van der Waals surface area contributed by atoms with Gasteiger partial charge in [0, 0.05) is 5.56 Å². The zero-order chi connectivity index (χ0) is 14.3. The minimum absolute atomic E-state index is 0.0201. The summed E-state index contributed by atoms with van der Waals surface area (Å²) in [6, 6.07) is 7.25. The van der Waals surface area contributed by atoms with E-state index in [1.807, 2.05) is 0 Å². The van der Waals surface area contributed by atoms with Crippen LogP contribution >= 0.6 is 0 Å². The third kappa shape index (κ3) is 2.05. The maximum absolute atomic E-state index is 13.7. The van der Waals surface area contributed by atoms with E-state index in [1.165, 1.54) is 18.2 Å². The van der Waals surface area contributed by atoms with Crippen LogP contribution in [-0.2, 0) is 0 Å². The molecule has 20 heavy (non-hydrogen) atoms.